The Kier molecular flexibility index (Phi) is 7.27. The summed E-state index contributed by atoms with van der Waals surface area (Å²) in [5, 5.41) is 6.09. The van der Waals surface area contributed by atoms with E-state index in [1.54, 1.807) is 11.9 Å². The summed E-state index contributed by atoms with van der Waals surface area (Å²) in [7, 11) is -1.34. The molecule has 1 amide bonds. The number of para-hydroxylation sites is 1. The largest absolute Gasteiger partial charge is 0.353 e. The van der Waals surface area contributed by atoms with Crippen molar-refractivity contribution in [3.05, 3.63) is 29.8 Å². The molecule has 2 N–H and O–H groups in total. The third-order valence-electron chi connectivity index (χ3n) is 4.62. The Morgan fingerprint density at radius 3 is 2.81 bits per heavy atom. The molecule has 26 heavy (non-hydrogen) atoms. The van der Waals surface area contributed by atoms with Gasteiger partial charge < -0.3 is 15.5 Å². The number of guanidine groups is 1. The number of benzene rings is 1. The lowest BCUT2D eigenvalue weighted by Crippen LogP contribution is -2.48. The van der Waals surface area contributed by atoms with Crippen LogP contribution in [-0.2, 0) is 21.1 Å². The lowest BCUT2D eigenvalue weighted by molar-refractivity contribution is -0.117. The first-order valence-corrected chi connectivity index (χ1v) is 10.4. The topological polar surface area (TPSA) is 90.9 Å². The molecule has 144 valence electrons. The van der Waals surface area contributed by atoms with Gasteiger partial charge in [-0.2, -0.15) is 0 Å². The van der Waals surface area contributed by atoms with Crippen LogP contribution in [0.3, 0.4) is 0 Å². The highest BCUT2D eigenvalue weighted by Crippen LogP contribution is 2.26. The summed E-state index contributed by atoms with van der Waals surface area (Å²) >= 11 is 0. The van der Waals surface area contributed by atoms with Crippen LogP contribution in [0.15, 0.2) is 29.3 Å². The first-order valence-electron chi connectivity index (χ1n) is 8.54. The van der Waals surface area contributed by atoms with Gasteiger partial charge in [-0.25, -0.2) is 8.42 Å². The molecule has 2 aliphatic heterocycles. The quantitative estimate of drug-likeness (QED) is 0.373. The minimum Gasteiger partial charge on any atom is -0.353 e. The number of hydrogen-bond acceptors (Lipinski definition) is 4. The summed E-state index contributed by atoms with van der Waals surface area (Å²) in [5.74, 6) is 0.752. The predicted molar refractivity (Wildman–Crippen MR) is 114 cm³/mol. The van der Waals surface area contributed by atoms with Crippen molar-refractivity contribution < 1.29 is 13.2 Å². The molecule has 9 heteroatoms. The van der Waals surface area contributed by atoms with Gasteiger partial charge in [0.15, 0.2) is 15.8 Å². The number of nitrogens with one attached hydrogen (secondary N) is 2. The van der Waals surface area contributed by atoms with E-state index in [1.165, 1.54) is 5.56 Å². The van der Waals surface area contributed by atoms with Gasteiger partial charge >= 0.3 is 0 Å². The molecule has 1 aromatic rings. The molecule has 3 rings (SSSR count). The minimum absolute atomic E-state index is 0. The maximum absolute atomic E-state index is 12.6. The van der Waals surface area contributed by atoms with Crippen molar-refractivity contribution >= 4 is 51.4 Å². The first kappa shape index (κ1) is 20.9. The van der Waals surface area contributed by atoms with Crippen LogP contribution in [0, 0.1) is 0 Å². The monoisotopic (exact) mass is 492 g/mol. The molecule has 1 aromatic carbocycles. The van der Waals surface area contributed by atoms with Crippen molar-refractivity contribution in [3.8, 4) is 0 Å². The van der Waals surface area contributed by atoms with Gasteiger partial charge in [0.25, 0.3) is 0 Å². The van der Waals surface area contributed by atoms with Crippen molar-refractivity contribution in [1.82, 2.24) is 10.6 Å². The van der Waals surface area contributed by atoms with Crippen LogP contribution >= 0.6 is 24.0 Å². The maximum atomic E-state index is 12.6. The van der Waals surface area contributed by atoms with Crippen LogP contribution in [-0.4, -0.2) is 58.0 Å². The van der Waals surface area contributed by atoms with E-state index in [4.69, 9.17) is 0 Å². The summed E-state index contributed by atoms with van der Waals surface area (Å²) < 4.78 is 23.1. The van der Waals surface area contributed by atoms with E-state index in [1.807, 2.05) is 18.2 Å². The maximum Gasteiger partial charge on any atom is 0.246 e. The predicted octanol–water partition coefficient (Wildman–Crippen LogP) is 0.936. The Balaban J connectivity index is 0.00000243. The minimum atomic E-state index is -2.95. The van der Waals surface area contributed by atoms with E-state index in [9.17, 15) is 13.2 Å². The highest BCUT2D eigenvalue weighted by atomic mass is 127. The second kappa shape index (κ2) is 9.03. The van der Waals surface area contributed by atoms with Gasteiger partial charge in [-0.3, -0.25) is 9.79 Å². The Morgan fingerprint density at radius 1 is 1.35 bits per heavy atom. The average molecular weight is 492 g/mol. The molecule has 0 saturated carbocycles. The van der Waals surface area contributed by atoms with Crippen molar-refractivity contribution in [2.24, 2.45) is 4.99 Å². The van der Waals surface area contributed by atoms with E-state index in [0.717, 1.165) is 18.5 Å². The number of halogens is 1. The van der Waals surface area contributed by atoms with Crippen LogP contribution in [0.2, 0.25) is 0 Å². The van der Waals surface area contributed by atoms with E-state index in [0.29, 0.717) is 18.9 Å². The number of carbonyl (C=O) groups is 1. The molecule has 7 nitrogen and oxygen atoms in total. The SMILES string of the molecule is CN=C(NCC(=O)N1CCCc2ccccc21)NC1CCS(=O)(=O)C1.I. The van der Waals surface area contributed by atoms with Gasteiger partial charge in [0.2, 0.25) is 5.91 Å². The van der Waals surface area contributed by atoms with Crippen molar-refractivity contribution in [3.63, 3.8) is 0 Å². The molecular weight excluding hydrogens is 467 g/mol. The van der Waals surface area contributed by atoms with E-state index < -0.39 is 9.84 Å². The molecular formula is C17H25IN4O3S. The zero-order chi connectivity index (χ0) is 17.9. The smallest absolute Gasteiger partial charge is 0.246 e. The third-order valence-corrected chi connectivity index (χ3v) is 6.38. The summed E-state index contributed by atoms with van der Waals surface area (Å²) in [6.45, 7) is 0.831. The summed E-state index contributed by atoms with van der Waals surface area (Å²) in [6, 6.07) is 7.82. The Labute approximate surface area is 171 Å². The second-order valence-electron chi connectivity index (χ2n) is 6.45. The highest BCUT2D eigenvalue weighted by molar-refractivity contribution is 14.0. The molecule has 0 radical (unpaired) electrons. The number of rotatable bonds is 3. The number of nitrogens with zero attached hydrogens (tertiary/aromatic N) is 2. The fourth-order valence-corrected chi connectivity index (χ4v) is 5.02. The van der Waals surface area contributed by atoms with Gasteiger partial charge in [-0.15, -0.1) is 24.0 Å². The third kappa shape index (κ3) is 5.09. The van der Waals surface area contributed by atoms with Gasteiger partial charge in [0.05, 0.1) is 18.1 Å². The number of sulfone groups is 1. The number of anilines is 1. The summed E-state index contributed by atoms with van der Waals surface area (Å²) in [5.41, 5.74) is 2.17. The molecule has 0 spiro atoms. The number of carbonyl (C=O) groups excluding carboxylic acids is 1. The standard InChI is InChI=1S/C17H24N4O3S.HI/c1-18-17(20-14-8-10-25(23,24)12-14)19-11-16(22)21-9-4-6-13-5-2-3-7-15(13)21;/h2-3,5,7,14H,4,6,8-12H2,1H3,(H2,18,19,20);1H. The Bertz CT molecular complexity index is 782. The lowest BCUT2D eigenvalue weighted by atomic mass is 10.0. The highest BCUT2D eigenvalue weighted by Gasteiger charge is 2.28. The van der Waals surface area contributed by atoms with E-state index >= 15 is 0 Å². The fraction of sp³-hybridized carbons (Fsp3) is 0.529. The lowest BCUT2D eigenvalue weighted by Gasteiger charge is -2.29. The number of aliphatic imine (C=N–C) groups is 1. The summed E-state index contributed by atoms with van der Waals surface area (Å²) in [4.78, 5) is 18.5. The fourth-order valence-electron chi connectivity index (χ4n) is 3.34. The molecule has 0 aliphatic carbocycles. The number of hydrogen-bond donors (Lipinski definition) is 2. The molecule has 0 bridgehead atoms. The Morgan fingerprint density at radius 2 is 2.12 bits per heavy atom. The zero-order valence-corrected chi connectivity index (χ0v) is 17.9. The van der Waals surface area contributed by atoms with Gasteiger partial charge in [0, 0.05) is 25.3 Å². The Hall–Kier alpha value is -1.36. The number of aryl methyl sites for hydroxylation is 1. The van der Waals surface area contributed by atoms with Gasteiger partial charge in [-0.1, -0.05) is 18.2 Å². The zero-order valence-electron chi connectivity index (χ0n) is 14.8. The molecule has 1 saturated heterocycles. The number of fused-ring (bicyclic) bond motifs is 1. The van der Waals surface area contributed by atoms with E-state index in [-0.39, 0.29) is 54.0 Å². The molecule has 1 unspecified atom stereocenters. The molecule has 2 aliphatic rings. The van der Waals surface area contributed by atoms with Crippen molar-refractivity contribution in [2.75, 3.05) is 36.5 Å². The normalized spacial score (nSPS) is 21.5. The van der Waals surface area contributed by atoms with Crippen molar-refractivity contribution in [2.45, 2.75) is 25.3 Å². The molecule has 1 atom stereocenters. The molecule has 1 fully saturated rings. The van der Waals surface area contributed by atoms with Crippen LogP contribution < -0.4 is 15.5 Å². The van der Waals surface area contributed by atoms with E-state index in [2.05, 4.69) is 21.7 Å². The van der Waals surface area contributed by atoms with Crippen molar-refractivity contribution in [1.29, 1.82) is 0 Å². The van der Waals surface area contributed by atoms with Gasteiger partial charge in [-0.05, 0) is 30.9 Å². The molecule has 2 heterocycles. The summed E-state index contributed by atoms with van der Waals surface area (Å²) in [6.07, 6.45) is 2.51. The molecule has 0 aromatic heterocycles. The van der Waals surface area contributed by atoms with Crippen LogP contribution in [0.4, 0.5) is 5.69 Å². The average Bonchev–Trinajstić information content (AvgIpc) is 2.96. The second-order valence-corrected chi connectivity index (χ2v) is 8.68. The van der Waals surface area contributed by atoms with Gasteiger partial charge in [0.1, 0.15) is 0 Å². The van der Waals surface area contributed by atoms with Crippen LogP contribution in [0.1, 0.15) is 18.4 Å². The number of amides is 1. The first-order chi connectivity index (χ1) is 12.0. The van der Waals surface area contributed by atoms with Crippen LogP contribution in [0.5, 0.6) is 0 Å². The van der Waals surface area contributed by atoms with Crippen LogP contribution in [0.25, 0.3) is 0 Å².